The first-order valence-electron chi connectivity index (χ1n) is 7.83. The van der Waals surface area contributed by atoms with Crippen molar-refractivity contribution in [3.05, 3.63) is 89.5 Å². The fourth-order valence-electron chi connectivity index (χ4n) is 2.44. The van der Waals surface area contributed by atoms with Crippen LogP contribution in [0.3, 0.4) is 0 Å². The van der Waals surface area contributed by atoms with E-state index in [9.17, 15) is 17.2 Å². The summed E-state index contributed by atoms with van der Waals surface area (Å²) in [7, 11) is -3.84. The van der Waals surface area contributed by atoms with Gasteiger partial charge in [0.2, 0.25) is 9.84 Å². The Morgan fingerprint density at radius 3 is 2.33 bits per heavy atom. The van der Waals surface area contributed by atoms with Crippen molar-refractivity contribution in [2.45, 2.75) is 16.4 Å². The zero-order chi connectivity index (χ0) is 19.4. The second kappa shape index (κ2) is 7.56. The molecule has 4 nitrogen and oxygen atoms in total. The molecule has 0 heterocycles. The van der Waals surface area contributed by atoms with Gasteiger partial charge < -0.3 is 4.74 Å². The van der Waals surface area contributed by atoms with E-state index in [1.165, 1.54) is 42.5 Å². The van der Waals surface area contributed by atoms with Crippen molar-refractivity contribution in [2.75, 3.05) is 0 Å². The molecule has 3 aromatic carbocycles. The minimum absolute atomic E-state index is 0.0162. The molecule has 0 spiro atoms. The van der Waals surface area contributed by atoms with Crippen LogP contribution in [0.5, 0.6) is 5.75 Å². The molecule has 3 rings (SSSR count). The highest BCUT2D eigenvalue weighted by Crippen LogP contribution is 2.24. The van der Waals surface area contributed by atoms with Crippen molar-refractivity contribution >= 4 is 9.84 Å². The summed E-state index contributed by atoms with van der Waals surface area (Å²) >= 11 is 0. The Morgan fingerprint density at radius 2 is 1.67 bits per heavy atom. The molecule has 0 aliphatic carbocycles. The number of halogens is 2. The standard InChI is InChI=1S/C20H13F2NO3S/c21-16-7-10-19(18(22)11-16)26-13-14-5-8-17(9-6-14)27(24,25)20-4-2-1-3-15(20)12-23/h1-11H,13H2. The third-order valence-corrected chi connectivity index (χ3v) is 5.65. The van der Waals surface area contributed by atoms with Crippen molar-refractivity contribution in [3.8, 4) is 11.8 Å². The van der Waals surface area contributed by atoms with E-state index in [1.807, 2.05) is 6.07 Å². The molecule has 0 saturated heterocycles. The molecular weight excluding hydrogens is 372 g/mol. The van der Waals surface area contributed by atoms with E-state index in [4.69, 9.17) is 10.00 Å². The van der Waals surface area contributed by atoms with Crippen molar-refractivity contribution in [1.29, 1.82) is 5.26 Å². The Kier molecular flexibility index (Phi) is 5.19. The number of hydrogen-bond acceptors (Lipinski definition) is 4. The van der Waals surface area contributed by atoms with Crippen molar-refractivity contribution in [2.24, 2.45) is 0 Å². The van der Waals surface area contributed by atoms with Crippen LogP contribution in [-0.2, 0) is 16.4 Å². The van der Waals surface area contributed by atoms with E-state index in [0.717, 1.165) is 12.1 Å². The lowest BCUT2D eigenvalue weighted by molar-refractivity contribution is 0.289. The SMILES string of the molecule is N#Cc1ccccc1S(=O)(=O)c1ccc(COc2ccc(F)cc2F)cc1. The van der Waals surface area contributed by atoms with Gasteiger partial charge in [0, 0.05) is 6.07 Å². The lowest BCUT2D eigenvalue weighted by Crippen LogP contribution is -2.05. The Morgan fingerprint density at radius 1 is 0.963 bits per heavy atom. The molecular formula is C20H13F2NO3S. The highest BCUT2D eigenvalue weighted by Gasteiger charge is 2.21. The topological polar surface area (TPSA) is 67.2 Å². The molecule has 0 fully saturated rings. The van der Waals surface area contributed by atoms with Crippen LogP contribution in [-0.4, -0.2) is 8.42 Å². The van der Waals surface area contributed by atoms with Crippen LogP contribution in [0.25, 0.3) is 0 Å². The lowest BCUT2D eigenvalue weighted by atomic mass is 10.2. The van der Waals surface area contributed by atoms with Gasteiger partial charge in [-0.2, -0.15) is 5.26 Å². The molecule has 0 unspecified atom stereocenters. The van der Waals surface area contributed by atoms with Gasteiger partial charge in [0.25, 0.3) is 0 Å². The average molecular weight is 385 g/mol. The first-order chi connectivity index (χ1) is 12.9. The van der Waals surface area contributed by atoms with E-state index < -0.39 is 21.5 Å². The molecule has 27 heavy (non-hydrogen) atoms. The fraction of sp³-hybridized carbons (Fsp3) is 0.0500. The second-order valence-corrected chi connectivity index (χ2v) is 7.54. The highest BCUT2D eigenvalue weighted by molar-refractivity contribution is 7.91. The van der Waals surface area contributed by atoms with Crippen molar-refractivity contribution in [1.82, 2.24) is 0 Å². The van der Waals surface area contributed by atoms with Gasteiger partial charge in [-0.1, -0.05) is 24.3 Å². The summed E-state index contributed by atoms with van der Waals surface area (Å²) < 4.78 is 57.2. The first kappa shape index (κ1) is 18.5. The molecule has 0 aliphatic rings. The van der Waals surface area contributed by atoms with E-state index in [2.05, 4.69) is 0 Å². The second-order valence-electron chi connectivity index (χ2n) is 5.62. The summed E-state index contributed by atoms with van der Waals surface area (Å²) in [6.45, 7) is -0.0162. The highest BCUT2D eigenvalue weighted by atomic mass is 32.2. The molecule has 0 amide bonds. The largest absolute Gasteiger partial charge is 0.486 e. The molecule has 0 saturated carbocycles. The van der Waals surface area contributed by atoms with Gasteiger partial charge in [-0.15, -0.1) is 0 Å². The number of nitriles is 1. The number of ether oxygens (including phenoxy) is 1. The summed E-state index contributed by atoms with van der Waals surface area (Å²) in [5.74, 6) is -1.62. The van der Waals surface area contributed by atoms with Gasteiger partial charge in [-0.3, -0.25) is 0 Å². The van der Waals surface area contributed by atoms with Crippen LogP contribution < -0.4 is 4.74 Å². The predicted molar refractivity (Wildman–Crippen MR) is 93.7 cm³/mol. The zero-order valence-electron chi connectivity index (χ0n) is 13.9. The Bertz CT molecular complexity index is 1120. The quantitative estimate of drug-likeness (QED) is 0.659. The summed E-state index contributed by atoms with van der Waals surface area (Å²) in [4.78, 5) is -0.0354. The molecule has 0 aromatic heterocycles. The van der Waals surface area contributed by atoms with Crippen LogP contribution in [0.4, 0.5) is 8.78 Å². The van der Waals surface area contributed by atoms with Gasteiger partial charge in [0.1, 0.15) is 18.5 Å². The lowest BCUT2D eigenvalue weighted by Gasteiger charge is -2.09. The van der Waals surface area contributed by atoms with Gasteiger partial charge in [-0.25, -0.2) is 17.2 Å². The van der Waals surface area contributed by atoms with E-state index >= 15 is 0 Å². The van der Waals surface area contributed by atoms with Crippen LogP contribution >= 0.6 is 0 Å². The molecule has 0 aliphatic heterocycles. The monoisotopic (exact) mass is 385 g/mol. The van der Waals surface area contributed by atoms with E-state index in [1.54, 1.807) is 12.1 Å². The molecule has 3 aromatic rings. The Balaban J connectivity index is 1.80. The fourth-order valence-corrected chi connectivity index (χ4v) is 3.85. The van der Waals surface area contributed by atoms with Crippen molar-refractivity contribution < 1.29 is 21.9 Å². The normalized spacial score (nSPS) is 11.0. The maximum absolute atomic E-state index is 13.6. The molecule has 136 valence electrons. The van der Waals surface area contributed by atoms with Gasteiger partial charge in [0.15, 0.2) is 11.6 Å². The molecule has 0 atom stereocenters. The Labute approximate surface area is 155 Å². The third kappa shape index (κ3) is 3.96. The van der Waals surface area contributed by atoms with Gasteiger partial charge >= 0.3 is 0 Å². The third-order valence-electron chi connectivity index (χ3n) is 3.82. The first-order valence-corrected chi connectivity index (χ1v) is 9.31. The summed E-state index contributed by atoms with van der Waals surface area (Å²) in [6, 6.07) is 16.7. The number of benzene rings is 3. The molecule has 0 bridgehead atoms. The molecule has 7 heteroatoms. The van der Waals surface area contributed by atoms with E-state index in [0.29, 0.717) is 5.56 Å². The minimum atomic E-state index is -3.84. The van der Waals surface area contributed by atoms with Crippen LogP contribution in [0.15, 0.2) is 76.5 Å². The number of hydrogen-bond donors (Lipinski definition) is 0. The van der Waals surface area contributed by atoms with Crippen LogP contribution in [0.2, 0.25) is 0 Å². The maximum atomic E-state index is 13.6. The number of rotatable bonds is 5. The van der Waals surface area contributed by atoms with Crippen LogP contribution in [0, 0.1) is 23.0 Å². The molecule has 0 N–H and O–H groups in total. The minimum Gasteiger partial charge on any atom is -0.486 e. The predicted octanol–water partition coefficient (Wildman–Crippen LogP) is 4.25. The van der Waals surface area contributed by atoms with Gasteiger partial charge in [-0.05, 0) is 42.0 Å². The average Bonchev–Trinajstić information content (AvgIpc) is 2.67. The Hall–Kier alpha value is -3.24. The van der Waals surface area contributed by atoms with E-state index in [-0.39, 0.29) is 27.7 Å². The van der Waals surface area contributed by atoms with Crippen LogP contribution in [0.1, 0.15) is 11.1 Å². The number of nitrogens with zero attached hydrogens (tertiary/aromatic N) is 1. The maximum Gasteiger partial charge on any atom is 0.207 e. The summed E-state index contributed by atoms with van der Waals surface area (Å²) in [5, 5.41) is 9.11. The number of sulfone groups is 1. The van der Waals surface area contributed by atoms with Gasteiger partial charge in [0.05, 0.1) is 15.4 Å². The van der Waals surface area contributed by atoms with Crippen molar-refractivity contribution in [3.63, 3.8) is 0 Å². The molecule has 0 radical (unpaired) electrons. The summed E-state index contributed by atoms with van der Waals surface area (Å²) in [5.41, 5.74) is 0.669. The summed E-state index contributed by atoms with van der Waals surface area (Å²) in [6.07, 6.45) is 0. The zero-order valence-corrected chi connectivity index (χ0v) is 14.7. The smallest absolute Gasteiger partial charge is 0.207 e.